The van der Waals surface area contributed by atoms with E-state index < -0.39 is 84.5 Å². The number of carbonyl (C=O) groups excluding carboxylic acids is 2. The molecule has 0 bridgehead atoms. The standard InChI is InChI=1S/C54H114O11Si5/c1-31-38(3)42(33-40(35-45(55)57-20)62-67(23,24)51(8,9)10)59-46(56)36-41(63-68(25,26)52(11,12)13)34-43(39(4)32-2)60-49-48(65-70(29,30)54(17,18)19)47(64-69(27,28)53(14,15)16)44(61-49)37-58-66(21,22)50(5,6)7/h38-44,47-49H,31-37H2,1-30H3/t38-,39-,40-,41-,42-,43-,44-,47?,48?,49+/m0/s1. The fourth-order valence-electron chi connectivity index (χ4n) is 6.98. The van der Waals surface area contributed by atoms with Gasteiger partial charge in [-0.1, -0.05) is 144 Å². The summed E-state index contributed by atoms with van der Waals surface area (Å²) in [5.74, 6) is -0.564. The Balaban J connectivity index is 3.96. The lowest BCUT2D eigenvalue weighted by Gasteiger charge is -2.44. The maximum Gasteiger partial charge on any atom is 0.308 e. The molecule has 10 atom stereocenters. The molecule has 1 fully saturated rings. The summed E-state index contributed by atoms with van der Waals surface area (Å²) in [5.41, 5.74) is 0. The molecule has 0 aromatic carbocycles. The molecule has 11 nitrogen and oxygen atoms in total. The van der Waals surface area contributed by atoms with Gasteiger partial charge in [0.2, 0.25) is 0 Å². The van der Waals surface area contributed by atoms with Gasteiger partial charge in [-0.05, 0) is 109 Å². The Hall–Kier alpha value is -0.256. The Bertz CT molecular complexity index is 1620. The molecule has 0 aromatic heterocycles. The Kier molecular flexibility index (Phi) is 24.5. The lowest BCUT2D eigenvalue weighted by molar-refractivity contribution is -0.205. The van der Waals surface area contributed by atoms with Crippen molar-refractivity contribution < 1.29 is 50.7 Å². The minimum absolute atomic E-state index is 0.00809. The average molecular weight is 1080 g/mol. The maximum absolute atomic E-state index is 14.6. The van der Waals surface area contributed by atoms with Crippen molar-refractivity contribution >= 4 is 53.5 Å². The summed E-state index contributed by atoms with van der Waals surface area (Å²) in [6, 6.07) is 0. The van der Waals surface area contributed by atoms with Crippen LogP contribution in [0.4, 0.5) is 0 Å². The normalized spacial score (nSPS) is 22.3. The van der Waals surface area contributed by atoms with Gasteiger partial charge in [-0.25, -0.2) is 0 Å². The highest BCUT2D eigenvalue weighted by Gasteiger charge is 2.56. The number of methoxy groups -OCH3 is 1. The zero-order valence-corrected chi connectivity index (χ0v) is 56.2. The van der Waals surface area contributed by atoms with E-state index in [1.54, 1.807) is 0 Å². The van der Waals surface area contributed by atoms with Crippen LogP contribution < -0.4 is 0 Å². The quantitative estimate of drug-likeness (QED) is 0.0609. The average Bonchev–Trinajstić information content (AvgIpc) is 3.46. The van der Waals surface area contributed by atoms with Crippen LogP contribution in [-0.4, -0.2) is 116 Å². The summed E-state index contributed by atoms with van der Waals surface area (Å²) in [6.45, 7) is 65.2. The Labute approximate surface area is 437 Å². The summed E-state index contributed by atoms with van der Waals surface area (Å²) in [5, 5.41) is -0.337. The molecule has 0 aromatic rings. The highest BCUT2D eigenvalue weighted by molar-refractivity contribution is 6.75. The van der Waals surface area contributed by atoms with E-state index in [1.165, 1.54) is 7.11 Å². The van der Waals surface area contributed by atoms with E-state index in [0.29, 0.717) is 19.4 Å². The van der Waals surface area contributed by atoms with Gasteiger partial charge in [-0.2, -0.15) is 0 Å². The molecule has 70 heavy (non-hydrogen) atoms. The van der Waals surface area contributed by atoms with Crippen LogP contribution in [0.2, 0.25) is 90.7 Å². The Morgan fingerprint density at radius 3 is 1.24 bits per heavy atom. The summed E-state index contributed by atoms with van der Waals surface area (Å²) >= 11 is 0. The third-order valence-electron chi connectivity index (χ3n) is 17.8. The number of esters is 2. The van der Waals surface area contributed by atoms with Gasteiger partial charge in [-0.3, -0.25) is 9.59 Å². The molecule has 1 aliphatic rings. The van der Waals surface area contributed by atoms with Crippen molar-refractivity contribution in [1.29, 1.82) is 0 Å². The van der Waals surface area contributed by atoms with Crippen molar-refractivity contribution in [2.75, 3.05) is 13.7 Å². The van der Waals surface area contributed by atoms with Crippen LogP contribution in [0.5, 0.6) is 0 Å². The van der Waals surface area contributed by atoms with Crippen molar-refractivity contribution in [1.82, 2.24) is 0 Å². The summed E-state index contributed by atoms with van der Waals surface area (Å²) in [4.78, 5) is 27.4. The van der Waals surface area contributed by atoms with E-state index in [4.69, 9.17) is 41.1 Å². The molecule has 0 amide bonds. The molecule has 1 aliphatic heterocycles. The number of hydrogen-bond acceptors (Lipinski definition) is 11. The first-order chi connectivity index (χ1) is 31.1. The molecule has 1 rings (SSSR count). The number of rotatable bonds is 26. The molecule has 0 spiro atoms. The third-order valence-corrected chi connectivity index (χ3v) is 40.4. The highest BCUT2D eigenvalue weighted by atomic mass is 28.4. The van der Waals surface area contributed by atoms with Crippen molar-refractivity contribution in [3.05, 3.63) is 0 Å². The van der Waals surface area contributed by atoms with Crippen LogP contribution in [0.1, 0.15) is 170 Å². The van der Waals surface area contributed by atoms with E-state index in [9.17, 15) is 9.59 Å². The topological polar surface area (TPSA) is 117 Å². The van der Waals surface area contributed by atoms with Gasteiger partial charge in [-0.15, -0.1) is 0 Å². The molecule has 1 heterocycles. The minimum Gasteiger partial charge on any atom is -0.469 e. The van der Waals surface area contributed by atoms with E-state index >= 15 is 0 Å². The minimum atomic E-state index is -2.44. The van der Waals surface area contributed by atoms with Gasteiger partial charge in [0.25, 0.3) is 0 Å². The van der Waals surface area contributed by atoms with Gasteiger partial charge in [0.15, 0.2) is 47.9 Å². The lowest BCUT2D eigenvalue weighted by atomic mass is 9.94. The zero-order chi connectivity index (χ0) is 55.2. The molecular weight excluding hydrogens is 965 g/mol. The van der Waals surface area contributed by atoms with E-state index in [0.717, 1.165) is 12.8 Å². The molecule has 416 valence electrons. The molecule has 2 unspecified atom stereocenters. The Morgan fingerprint density at radius 2 is 0.871 bits per heavy atom. The number of ether oxygens (including phenoxy) is 4. The SMILES string of the molecule is CC[C@H](C)[C@H](C[C@@H](CC(=O)OC)O[Si](C)(C)C(C)(C)C)OC(=O)C[C@H](C[C@H](O[C@@H]1O[C@@H](CO[Si](C)(C)C(C)(C)C)C(O[Si](C)(C)C(C)(C)C)C1O[Si](C)(C)C(C)(C)C)[C@@H](C)CC)O[Si](C)(C)C(C)(C)C. The highest BCUT2D eigenvalue weighted by Crippen LogP contribution is 2.46. The molecule has 0 radical (unpaired) electrons. The first kappa shape index (κ1) is 67.8. The monoisotopic (exact) mass is 1080 g/mol. The second-order valence-corrected chi connectivity index (χ2v) is 52.6. The van der Waals surface area contributed by atoms with Gasteiger partial charge >= 0.3 is 11.9 Å². The van der Waals surface area contributed by atoms with Gasteiger partial charge in [0.05, 0.1) is 44.9 Å². The van der Waals surface area contributed by atoms with Crippen LogP contribution in [0.25, 0.3) is 0 Å². The second kappa shape index (κ2) is 25.3. The van der Waals surface area contributed by atoms with Crippen LogP contribution in [0.15, 0.2) is 0 Å². The van der Waals surface area contributed by atoms with Crippen molar-refractivity contribution in [2.24, 2.45) is 11.8 Å². The van der Waals surface area contributed by atoms with Gasteiger partial charge in [0.1, 0.15) is 24.4 Å². The second-order valence-electron chi connectivity index (χ2n) is 28.7. The van der Waals surface area contributed by atoms with E-state index in [1.807, 2.05) is 0 Å². The van der Waals surface area contributed by atoms with Crippen LogP contribution in [-0.2, 0) is 50.7 Å². The Morgan fingerprint density at radius 1 is 0.514 bits per heavy atom. The van der Waals surface area contributed by atoms with Crippen LogP contribution >= 0.6 is 0 Å². The van der Waals surface area contributed by atoms with Crippen LogP contribution in [0, 0.1) is 11.8 Å². The first-order valence-electron chi connectivity index (χ1n) is 27.0. The first-order valence-corrected chi connectivity index (χ1v) is 41.6. The summed E-state index contributed by atoms with van der Waals surface area (Å²) in [7, 11) is -10.3. The fraction of sp³-hybridized carbons (Fsp3) is 0.963. The molecule has 0 aliphatic carbocycles. The lowest BCUT2D eigenvalue weighted by Crippen LogP contribution is -2.55. The predicted molar refractivity (Wildman–Crippen MR) is 304 cm³/mol. The van der Waals surface area contributed by atoms with Gasteiger partial charge in [0, 0.05) is 6.42 Å². The molecule has 1 saturated heterocycles. The van der Waals surface area contributed by atoms with Crippen molar-refractivity contribution in [2.45, 2.75) is 310 Å². The molecule has 0 saturated carbocycles. The van der Waals surface area contributed by atoms with E-state index in [-0.39, 0.29) is 67.9 Å². The fourth-order valence-corrected chi connectivity index (χ4v) is 13.3. The largest absolute Gasteiger partial charge is 0.469 e. The summed E-state index contributed by atoms with van der Waals surface area (Å²) < 4.78 is 62.3. The molecule has 16 heteroatoms. The number of hydrogen-bond donors (Lipinski definition) is 0. The van der Waals surface area contributed by atoms with E-state index in [2.05, 4.69) is 197 Å². The number of carbonyl (C=O) groups is 2. The summed E-state index contributed by atoms with van der Waals surface area (Å²) in [6.07, 6.45) is -1.28. The van der Waals surface area contributed by atoms with Crippen LogP contribution in [0.3, 0.4) is 0 Å². The molecule has 0 N–H and O–H groups in total. The van der Waals surface area contributed by atoms with Gasteiger partial charge < -0.3 is 41.1 Å². The zero-order valence-electron chi connectivity index (χ0n) is 51.2. The smallest absolute Gasteiger partial charge is 0.308 e. The predicted octanol–water partition coefficient (Wildman–Crippen LogP) is 15.4. The molecular formula is C54H114O11Si5. The van der Waals surface area contributed by atoms with Crippen molar-refractivity contribution in [3.8, 4) is 0 Å². The maximum atomic E-state index is 14.6. The third kappa shape index (κ3) is 19.4. The van der Waals surface area contributed by atoms with Crippen molar-refractivity contribution in [3.63, 3.8) is 0 Å².